The molecule has 1 rings (SSSR count). The van der Waals surface area contributed by atoms with Gasteiger partial charge < -0.3 is 5.32 Å². The van der Waals surface area contributed by atoms with E-state index in [0.29, 0.717) is 25.3 Å². The maximum Gasteiger partial charge on any atom is 0.164 e. The van der Waals surface area contributed by atoms with Gasteiger partial charge >= 0.3 is 0 Å². The molecule has 1 heterocycles. The molecule has 92 valence electrons. The zero-order valence-electron chi connectivity index (χ0n) is 9.68. The second kappa shape index (κ2) is 5.95. The molecule has 0 bridgehead atoms. The van der Waals surface area contributed by atoms with Crippen LogP contribution in [0.2, 0.25) is 0 Å². The highest BCUT2D eigenvalue weighted by atomic mass is 32.2. The summed E-state index contributed by atoms with van der Waals surface area (Å²) in [5, 5.41) is 7.09. The van der Waals surface area contributed by atoms with Crippen LogP contribution in [0.5, 0.6) is 0 Å². The average molecular weight is 246 g/mol. The van der Waals surface area contributed by atoms with Crippen molar-refractivity contribution in [2.24, 2.45) is 7.05 Å². The van der Waals surface area contributed by atoms with Gasteiger partial charge in [0.25, 0.3) is 0 Å². The number of hydrogen-bond acceptors (Lipinski definition) is 5. The Bertz CT molecular complexity index is 413. The van der Waals surface area contributed by atoms with Gasteiger partial charge in [-0.05, 0) is 6.42 Å². The van der Waals surface area contributed by atoms with Crippen LogP contribution < -0.4 is 5.32 Å². The molecule has 0 saturated carbocycles. The SMILES string of the molecule is CCCS(=O)(=O)CCNCc1ncn(C)n1. The van der Waals surface area contributed by atoms with E-state index in [1.165, 1.54) is 0 Å². The normalized spacial score (nSPS) is 11.9. The van der Waals surface area contributed by atoms with Gasteiger partial charge in [-0.25, -0.2) is 13.4 Å². The molecule has 0 spiro atoms. The Hall–Kier alpha value is -0.950. The topological polar surface area (TPSA) is 76.9 Å². The third-order valence-electron chi connectivity index (χ3n) is 2.04. The summed E-state index contributed by atoms with van der Waals surface area (Å²) in [7, 11) is -1.10. The molecule has 0 amide bonds. The quantitative estimate of drug-likeness (QED) is 0.670. The fourth-order valence-corrected chi connectivity index (χ4v) is 2.59. The molecule has 0 unspecified atom stereocenters. The number of aromatic nitrogens is 3. The van der Waals surface area contributed by atoms with E-state index in [0.717, 1.165) is 0 Å². The van der Waals surface area contributed by atoms with Crippen molar-refractivity contribution in [3.8, 4) is 0 Å². The van der Waals surface area contributed by atoms with Crippen LogP contribution in [0.3, 0.4) is 0 Å². The Morgan fingerprint density at radius 3 is 2.75 bits per heavy atom. The summed E-state index contributed by atoms with van der Waals surface area (Å²) in [6.45, 7) is 2.81. The van der Waals surface area contributed by atoms with Crippen molar-refractivity contribution in [3.05, 3.63) is 12.2 Å². The van der Waals surface area contributed by atoms with Gasteiger partial charge in [0.2, 0.25) is 0 Å². The summed E-state index contributed by atoms with van der Waals surface area (Å²) in [5.41, 5.74) is 0. The minimum absolute atomic E-state index is 0.174. The van der Waals surface area contributed by atoms with E-state index in [2.05, 4.69) is 15.4 Å². The number of nitrogens with zero attached hydrogens (tertiary/aromatic N) is 3. The van der Waals surface area contributed by atoms with E-state index in [1.807, 2.05) is 6.92 Å². The molecule has 0 radical (unpaired) electrons. The van der Waals surface area contributed by atoms with Gasteiger partial charge in [-0.3, -0.25) is 4.68 Å². The maximum absolute atomic E-state index is 11.4. The molecule has 6 nitrogen and oxygen atoms in total. The van der Waals surface area contributed by atoms with E-state index in [9.17, 15) is 8.42 Å². The molecule has 7 heteroatoms. The van der Waals surface area contributed by atoms with Crippen LogP contribution in [-0.2, 0) is 23.4 Å². The van der Waals surface area contributed by atoms with Gasteiger partial charge in [0.15, 0.2) is 15.7 Å². The lowest BCUT2D eigenvalue weighted by atomic mass is 10.6. The summed E-state index contributed by atoms with van der Waals surface area (Å²) < 4.78 is 24.4. The van der Waals surface area contributed by atoms with Crippen LogP contribution in [0, 0.1) is 0 Å². The standard InChI is InChI=1S/C9H18N4O2S/c1-3-5-16(14,15)6-4-10-7-9-11-8-13(2)12-9/h8,10H,3-7H2,1-2H3. The molecule has 1 aromatic heterocycles. The Balaban J connectivity index is 2.22. The first-order valence-corrected chi connectivity index (χ1v) is 7.11. The number of aryl methyl sites for hydroxylation is 1. The van der Waals surface area contributed by atoms with Gasteiger partial charge in [0.1, 0.15) is 6.33 Å². The molecule has 16 heavy (non-hydrogen) atoms. The summed E-state index contributed by atoms with van der Waals surface area (Å²) in [4.78, 5) is 4.03. The maximum atomic E-state index is 11.4. The minimum Gasteiger partial charge on any atom is -0.309 e. The minimum atomic E-state index is -2.89. The first kappa shape index (κ1) is 13.1. The Kier molecular flexibility index (Phi) is 4.88. The van der Waals surface area contributed by atoms with Gasteiger partial charge in [-0.1, -0.05) is 6.92 Å². The van der Waals surface area contributed by atoms with Crippen LogP contribution in [0.1, 0.15) is 19.2 Å². The van der Waals surface area contributed by atoms with Crippen LogP contribution in [0.4, 0.5) is 0 Å². The molecule has 0 aliphatic rings. The number of rotatable bonds is 7. The summed E-state index contributed by atoms with van der Waals surface area (Å²) in [6, 6.07) is 0. The molecule has 0 saturated heterocycles. The monoisotopic (exact) mass is 246 g/mol. The molecule has 0 atom stereocenters. The smallest absolute Gasteiger partial charge is 0.164 e. The van der Waals surface area contributed by atoms with Crippen molar-refractivity contribution >= 4 is 9.84 Å². The van der Waals surface area contributed by atoms with Crippen LogP contribution in [0.15, 0.2) is 6.33 Å². The largest absolute Gasteiger partial charge is 0.309 e. The highest BCUT2D eigenvalue weighted by Gasteiger charge is 2.08. The van der Waals surface area contributed by atoms with E-state index >= 15 is 0 Å². The molecular weight excluding hydrogens is 228 g/mol. The van der Waals surface area contributed by atoms with Crippen molar-refractivity contribution in [3.63, 3.8) is 0 Å². The van der Waals surface area contributed by atoms with Gasteiger partial charge in [0.05, 0.1) is 12.3 Å². The molecule has 1 N–H and O–H groups in total. The Morgan fingerprint density at radius 2 is 2.19 bits per heavy atom. The molecule has 0 aliphatic carbocycles. The van der Waals surface area contributed by atoms with Gasteiger partial charge in [-0.2, -0.15) is 5.10 Å². The third-order valence-corrected chi connectivity index (χ3v) is 3.89. The van der Waals surface area contributed by atoms with E-state index < -0.39 is 9.84 Å². The predicted octanol–water partition coefficient (Wildman–Crippen LogP) is -0.270. The highest BCUT2D eigenvalue weighted by molar-refractivity contribution is 7.91. The summed E-state index contributed by atoms with van der Waals surface area (Å²) >= 11 is 0. The fourth-order valence-electron chi connectivity index (χ4n) is 1.31. The zero-order chi connectivity index (χ0) is 12.0. The average Bonchev–Trinajstić information content (AvgIpc) is 2.59. The first-order chi connectivity index (χ1) is 7.53. The zero-order valence-corrected chi connectivity index (χ0v) is 10.5. The predicted molar refractivity (Wildman–Crippen MR) is 61.7 cm³/mol. The molecule has 1 aromatic rings. The number of nitrogens with one attached hydrogen (secondary N) is 1. The van der Waals surface area contributed by atoms with E-state index in [4.69, 9.17) is 0 Å². The van der Waals surface area contributed by atoms with Crippen molar-refractivity contribution in [2.75, 3.05) is 18.1 Å². The van der Waals surface area contributed by atoms with Crippen molar-refractivity contribution < 1.29 is 8.42 Å². The van der Waals surface area contributed by atoms with Gasteiger partial charge in [0, 0.05) is 19.3 Å². The molecule has 0 aliphatic heterocycles. The van der Waals surface area contributed by atoms with E-state index in [-0.39, 0.29) is 11.5 Å². The molecule has 0 fully saturated rings. The highest BCUT2D eigenvalue weighted by Crippen LogP contribution is 1.93. The van der Waals surface area contributed by atoms with E-state index in [1.54, 1.807) is 18.1 Å². The second-order valence-corrected chi connectivity index (χ2v) is 5.97. The fraction of sp³-hybridized carbons (Fsp3) is 0.778. The summed E-state index contributed by atoms with van der Waals surface area (Å²) in [6.07, 6.45) is 2.29. The van der Waals surface area contributed by atoms with Crippen LogP contribution in [-0.4, -0.2) is 41.2 Å². The van der Waals surface area contributed by atoms with Crippen molar-refractivity contribution in [2.45, 2.75) is 19.9 Å². The second-order valence-electron chi connectivity index (χ2n) is 3.66. The number of hydrogen-bond donors (Lipinski definition) is 1. The van der Waals surface area contributed by atoms with Crippen LogP contribution in [0.25, 0.3) is 0 Å². The molecule has 0 aromatic carbocycles. The van der Waals surface area contributed by atoms with Crippen LogP contribution >= 0.6 is 0 Å². The Morgan fingerprint density at radius 1 is 1.44 bits per heavy atom. The Labute approximate surface area is 96.0 Å². The first-order valence-electron chi connectivity index (χ1n) is 5.29. The lowest BCUT2D eigenvalue weighted by Gasteiger charge is -2.03. The third kappa shape index (κ3) is 4.71. The lowest BCUT2D eigenvalue weighted by Crippen LogP contribution is -2.24. The van der Waals surface area contributed by atoms with Gasteiger partial charge in [-0.15, -0.1) is 0 Å². The lowest BCUT2D eigenvalue weighted by molar-refractivity contribution is 0.587. The van der Waals surface area contributed by atoms with Crippen molar-refractivity contribution in [1.82, 2.24) is 20.1 Å². The molecular formula is C9H18N4O2S. The summed E-state index contributed by atoms with van der Waals surface area (Å²) in [5.74, 6) is 1.11. The number of sulfone groups is 1. The van der Waals surface area contributed by atoms with Crippen molar-refractivity contribution in [1.29, 1.82) is 0 Å².